The van der Waals surface area contributed by atoms with Crippen molar-refractivity contribution in [2.24, 2.45) is 0 Å². The highest BCUT2D eigenvalue weighted by atomic mass is 15.2. The third-order valence-corrected chi connectivity index (χ3v) is 3.28. The van der Waals surface area contributed by atoms with Crippen LogP contribution < -0.4 is 10.6 Å². The van der Waals surface area contributed by atoms with Crippen LogP contribution in [0.25, 0.3) is 11.4 Å². The molecule has 5 nitrogen and oxygen atoms in total. The zero-order chi connectivity index (χ0) is 12.9. The summed E-state index contributed by atoms with van der Waals surface area (Å²) in [7, 11) is 0. The summed E-state index contributed by atoms with van der Waals surface area (Å²) in [5.41, 5.74) is 1.64. The molecule has 0 amide bonds. The minimum absolute atomic E-state index is 0.553. The third kappa shape index (κ3) is 3.06. The second-order valence-corrected chi connectivity index (χ2v) is 4.69. The Labute approximate surface area is 112 Å². The van der Waals surface area contributed by atoms with Crippen LogP contribution in [-0.4, -0.2) is 34.3 Å². The molecule has 0 bridgehead atoms. The van der Waals surface area contributed by atoms with E-state index in [1.165, 1.54) is 12.8 Å². The van der Waals surface area contributed by atoms with E-state index in [-0.39, 0.29) is 0 Å². The Morgan fingerprint density at radius 1 is 1.16 bits per heavy atom. The molecule has 5 heteroatoms. The molecule has 0 aliphatic carbocycles. The van der Waals surface area contributed by atoms with Gasteiger partial charge in [0.1, 0.15) is 11.5 Å². The van der Waals surface area contributed by atoms with Crippen molar-refractivity contribution in [1.29, 1.82) is 0 Å². The maximum Gasteiger partial charge on any atom is 0.148 e. The Hall–Kier alpha value is -2.01. The number of rotatable bonds is 4. The molecule has 2 N–H and O–H groups in total. The van der Waals surface area contributed by atoms with Crippen LogP contribution >= 0.6 is 0 Å². The van der Waals surface area contributed by atoms with Gasteiger partial charge in [0.05, 0.1) is 5.69 Å². The van der Waals surface area contributed by atoms with E-state index >= 15 is 0 Å². The van der Waals surface area contributed by atoms with Crippen LogP contribution in [0, 0.1) is 0 Å². The lowest BCUT2D eigenvalue weighted by molar-refractivity contribution is 0.632. The standard InChI is InChI=1S/C14H17N5/c1-2-8-16-12(5-1)13-6-7-14(19-18-13)17-10-11-4-3-9-15-11/h1-2,5-8,11,15H,3-4,9-10H2,(H,17,19). The molecular formula is C14H17N5. The molecule has 3 rings (SSSR count). The van der Waals surface area contributed by atoms with E-state index in [4.69, 9.17) is 0 Å². The molecule has 1 unspecified atom stereocenters. The number of nitrogens with one attached hydrogen (secondary N) is 2. The molecule has 1 atom stereocenters. The van der Waals surface area contributed by atoms with Gasteiger partial charge in [0.15, 0.2) is 0 Å². The summed E-state index contributed by atoms with van der Waals surface area (Å²) in [5, 5.41) is 15.1. The fraction of sp³-hybridized carbons (Fsp3) is 0.357. The number of aromatic nitrogens is 3. The van der Waals surface area contributed by atoms with Crippen molar-refractivity contribution in [2.75, 3.05) is 18.4 Å². The lowest BCUT2D eigenvalue weighted by Gasteiger charge is -2.11. The van der Waals surface area contributed by atoms with Crippen LogP contribution in [0.1, 0.15) is 12.8 Å². The Morgan fingerprint density at radius 2 is 2.16 bits per heavy atom. The third-order valence-electron chi connectivity index (χ3n) is 3.28. The van der Waals surface area contributed by atoms with Crippen molar-refractivity contribution in [1.82, 2.24) is 20.5 Å². The van der Waals surface area contributed by atoms with Crippen molar-refractivity contribution in [3.8, 4) is 11.4 Å². The predicted molar refractivity (Wildman–Crippen MR) is 74.8 cm³/mol. The van der Waals surface area contributed by atoms with Crippen LogP contribution in [0.3, 0.4) is 0 Å². The SMILES string of the molecule is c1ccc(-c2ccc(NCC3CCCN3)nn2)nc1. The molecule has 0 saturated carbocycles. The topological polar surface area (TPSA) is 62.7 Å². The number of hydrogen-bond donors (Lipinski definition) is 2. The van der Waals surface area contributed by atoms with E-state index in [0.717, 1.165) is 30.3 Å². The highest BCUT2D eigenvalue weighted by Crippen LogP contribution is 2.14. The van der Waals surface area contributed by atoms with Crippen molar-refractivity contribution in [2.45, 2.75) is 18.9 Å². The molecule has 0 aromatic carbocycles. The molecule has 0 radical (unpaired) electrons. The fourth-order valence-electron chi connectivity index (χ4n) is 2.24. The van der Waals surface area contributed by atoms with E-state index in [0.29, 0.717) is 6.04 Å². The lowest BCUT2D eigenvalue weighted by Crippen LogP contribution is -2.29. The molecule has 1 saturated heterocycles. The second-order valence-electron chi connectivity index (χ2n) is 4.69. The Balaban J connectivity index is 1.62. The van der Waals surface area contributed by atoms with Gasteiger partial charge in [-0.25, -0.2) is 0 Å². The quantitative estimate of drug-likeness (QED) is 0.870. The zero-order valence-corrected chi connectivity index (χ0v) is 10.7. The summed E-state index contributed by atoms with van der Waals surface area (Å²) >= 11 is 0. The van der Waals surface area contributed by atoms with Gasteiger partial charge in [0.2, 0.25) is 0 Å². The monoisotopic (exact) mass is 255 g/mol. The molecule has 2 aromatic rings. The first-order valence-electron chi connectivity index (χ1n) is 6.64. The van der Waals surface area contributed by atoms with Gasteiger partial charge in [-0.3, -0.25) is 4.98 Å². The van der Waals surface area contributed by atoms with E-state index in [1.807, 2.05) is 30.3 Å². The van der Waals surface area contributed by atoms with Crippen molar-refractivity contribution in [3.63, 3.8) is 0 Å². The Bertz CT molecular complexity index is 505. The van der Waals surface area contributed by atoms with Crippen LogP contribution in [-0.2, 0) is 0 Å². The highest BCUT2D eigenvalue weighted by Gasteiger charge is 2.13. The summed E-state index contributed by atoms with van der Waals surface area (Å²) < 4.78 is 0. The first-order valence-corrected chi connectivity index (χ1v) is 6.64. The van der Waals surface area contributed by atoms with Gasteiger partial charge in [-0.15, -0.1) is 10.2 Å². The minimum Gasteiger partial charge on any atom is -0.367 e. The molecule has 0 spiro atoms. The highest BCUT2D eigenvalue weighted by molar-refractivity contribution is 5.54. The van der Waals surface area contributed by atoms with Crippen LogP contribution in [0.5, 0.6) is 0 Å². The van der Waals surface area contributed by atoms with Gasteiger partial charge in [-0.05, 0) is 43.7 Å². The van der Waals surface area contributed by atoms with Gasteiger partial charge in [-0.2, -0.15) is 0 Å². The molecule has 3 heterocycles. The molecule has 2 aromatic heterocycles. The summed E-state index contributed by atoms with van der Waals surface area (Å²) in [6.45, 7) is 2.02. The minimum atomic E-state index is 0.553. The van der Waals surface area contributed by atoms with E-state index < -0.39 is 0 Å². The lowest BCUT2D eigenvalue weighted by atomic mass is 10.2. The van der Waals surface area contributed by atoms with E-state index in [2.05, 4.69) is 25.8 Å². The van der Waals surface area contributed by atoms with Crippen molar-refractivity contribution in [3.05, 3.63) is 36.5 Å². The molecule has 1 aliphatic heterocycles. The number of anilines is 1. The van der Waals surface area contributed by atoms with Crippen molar-refractivity contribution < 1.29 is 0 Å². The van der Waals surface area contributed by atoms with E-state index in [1.54, 1.807) is 6.20 Å². The first-order chi connectivity index (χ1) is 9.42. The summed E-state index contributed by atoms with van der Waals surface area (Å²) in [4.78, 5) is 4.25. The van der Waals surface area contributed by atoms with Gasteiger partial charge in [0, 0.05) is 18.8 Å². The maximum absolute atomic E-state index is 4.25. The Kier molecular flexibility index (Phi) is 3.65. The van der Waals surface area contributed by atoms with Gasteiger partial charge in [-0.1, -0.05) is 6.07 Å². The maximum atomic E-state index is 4.25. The van der Waals surface area contributed by atoms with Gasteiger partial charge in [0.25, 0.3) is 0 Å². The normalized spacial score (nSPS) is 18.4. The fourth-order valence-corrected chi connectivity index (χ4v) is 2.24. The Morgan fingerprint density at radius 3 is 2.84 bits per heavy atom. The van der Waals surface area contributed by atoms with Gasteiger partial charge >= 0.3 is 0 Å². The molecule has 98 valence electrons. The molecule has 1 aliphatic rings. The van der Waals surface area contributed by atoms with E-state index in [9.17, 15) is 0 Å². The van der Waals surface area contributed by atoms with Crippen LogP contribution in [0.2, 0.25) is 0 Å². The average molecular weight is 255 g/mol. The van der Waals surface area contributed by atoms with Gasteiger partial charge < -0.3 is 10.6 Å². The van der Waals surface area contributed by atoms with Crippen molar-refractivity contribution >= 4 is 5.82 Å². The largest absolute Gasteiger partial charge is 0.367 e. The predicted octanol–water partition coefficient (Wildman–Crippen LogP) is 1.70. The molecule has 1 fully saturated rings. The first kappa shape index (κ1) is 12.0. The second kappa shape index (κ2) is 5.75. The van der Waals surface area contributed by atoms with Crippen LogP contribution in [0.15, 0.2) is 36.5 Å². The summed E-state index contributed by atoms with van der Waals surface area (Å²) in [6, 6.07) is 10.2. The zero-order valence-electron chi connectivity index (χ0n) is 10.7. The smallest absolute Gasteiger partial charge is 0.148 e. The van der Waals surface area contributed by atoms with Crippen LogP contribution in [0.4, 0.5) is 5.82 Å². The number of nitrogens with zero attached hydrogens (tertiary/aromatic N) is 3. The molecule has 19 heavy (non-hydrogen) atoms. The number of hydrogen-bond acceptors (Lipinski definition) is 5. The summed E-state index contributed by atoms with van der Waals surface area (Å²) in [5.74, 6) is 0.813. The average Bonchev–Trinajstić information content (AvgIpc) is 3.00. The summed E-state index contributed by atoms with van der Waals surface area (Å²) in [6.07, 6.45) is 4.25. The number of pyridine rings is 1. The molecular weight excluding hydrogens is 238 g/mol.